The Morgan fingerprint density at radius 3 is 2.60 bits per heavy atom. The molecule has 0 saturated heterocycles. The molecule has 0 aromatic heterocycles. The van der Waals surface area contributed by atoms with E-state index in [1.165, 1.54) is 32.1 Å². The smallest absolute Gasteiger partial charge is 0.170 e. The highest BCUT2D eigenvalue weighted by atomic mass is 79.9. The Morgan fingerprint density at radius 1 is 1.20 bits per heavy atom. The standard InChI is InChI=1S/C15H21BrN2S2/c16-12-6-8-13(9-7-12)18-15(19)17-10-11-20-14-4-2-1-3-5-14/h6-9,14H,1-5,10-11H2,(H2,17,18,19). The first-order valence-corrected chi connectivity index (χ1v) is 9.41. The number of rotatable bonds is 5. The predicted octanol–water partition coefficient (Wildman–Crippen LogP) is 4.80. The molecule has 0 amide bonds. The van der Waals surface area contributed by atoms with Crippen LogP contribution in [0, 0.1) is 0 Å². The Kier molecular flexibility index (Phi) is 7.17. The molecule has 2 nitrogen and oxygen atoms in total. The van der Waals surface area contributed by atoms with E-state index in [0.717, 1.165) is 27.7 Å². The lowest BCUT2D eigenvalue weighted by molar-refractivity contribution is 0.516. The average molecular weight is 373 g/mol. The van der Waals surface area contributed by atoms with E-state index in [1.54, 1.807) is 0 Å². The predicted molar refractivity (Wildman–Crippen MR) is 97.7 cm³/mol. The van der Waals surface area contributed by atoms with Crippen molar-refractivity contribution in [3.8, 4) is 0 Å². The molecule has 1 fully saturated rings. The summed E-state index contributed by atoms with van der Waals surface area (Å²) in [7, 11) is 0. The first kappa shape index (κ1) is 16.1. The highest BCUT2D eigenvalue weighted by molar-refractivity contribution is 9.10. The van der Waals surface area contributed by atoms with Crippen molar-refractivity contribution in [3.05, 3.63) is 28.7 Å². The fraction of sp³-hybridized carbons (Fsp3) is 0.533. The zero-order chi connectivity index (χ0) is 14.2. The lowest BCUT2D eigenvalue weighted by Crippen LogP contribution is -2.30. The highest BCUT2D eigenvalue weighted by Gasteiger charge is 2.12. The quantitative estimate of drug-likeness (QED) is 0.572. The second kappa shape index (κ2) is 8.90. The van der Waals surface area contributed by atoms with E-state index in [2.05, 4.69) is 38.3 Å². The second-order valence-corrected chi connectivity index (χ2v) is 7.75. The summed E-state index contributed by atoms with van der Waals surface area (Å²) in [5.41, 5.74) is 1.02. The van der Waals surface area contributed by atoms with Gasteiger partial charge in [0.2, 0.25) is 0 Å². The summed E-state index contributed by atoms with van der Waals surface area (Å²) >= 11 is 10.8. The third-order valence-electron chi connectivity index (χ3n) is 3.40. The summed E-state index contributed by atoms with van der Waals surface area (Å²) in [6, 6.07) is 8.03. The second-order valence-electron chi connectivity index (χ2n) is 5.02. The van der Waals surface area contributed by atoms with Crippen LogP contribution in [-0.4, -0.2) is 22.7 Å². The molecule has 1 aliphatic carbocycles. The zero-order valence-corrected chi connectivity index (χ0v) is 14.7. The molecule has 0 spiro atoms. The van der Waals surface area contributed by atoms with Crippen molar-refractivity contribution < 1.29 is 0 Å². The van der Waals surface area contributed by atoms with Gasteiger partial charge in [-0.2, -0.15) is 11.8 Å². The number of hydrogen-bond acceptors (Lipinski definition) is 2. The van der Waals surface area contributed by atoms with Gasteiger partial charge in [0.05, 0.1) is 0 Å². The lowest BCUT2D eigenvalue weighted by atomic mass is 10.0. The largest absolute Gasteiger partial charge is 0.362 e. The molecule has 0 atom stereocenters. The minimum Gasteiger partial charge on any atom is -0.362 e. The van der Waals surface area contributed by atoms with Crippen LogP contribution in [0.25, 0.3) is 0 Å². The van der Waals surface area contributed by atoms with Crippen molar-refractivity contribution in [1.82, 2.24) is 5.32 Å². The van der Waals surface area contributed by atoms with E-state index in [4.69, 9.17) is 12.2 Å². The van der Waals surface area contributed by atoms with Crippen LogP contribution >= 0.6 is 39.9 Å². The van der Waals surface area contributed by atoms with Crippen molar-refractivity contribution in [2.45, 2.75) is 37.4 Å². The molecule has 20 heavy (non-hydrogen) atoms. The van der Waals surface area contributed by atoms with Gasteiger partial charge in [-0.3, -0.25) is 0 Å². The van der Waals surface area contributed by atoms with Crippen LogP contribution in [0.2, 0.25) is 0 Å². The number of benzene rings is 1. The lowest BCUT2D eigenvalue weighted by Gasteiger charge is -2.21. The van der Waals surface area contributed by atoms with Gasteiger partial charge in [-0.05, 0) is 49.3 Å². The number of thioether (sulfide) groups is 1. The molecule has 1 aromatic rings. The van der Waals surface area contributed by atoms with Crippen LogP contribution in [0.3, 0.4) is 0 Å². The maximum Gasteiger partial charge on any atom is 0.170 e. The zero-order valence-electron chi connectivity index (χ0n) is 11.5. The maximum atomic E-state index is 5.30. The fourth-order valence-corrected chi connectivity index (χ4v) is 4.03. The number of thiocarbonyl (C=S) groups is 1. The summed E-state index contributed by atoms with van der Waals surface area (Å²) in [6.45, 7) is 0.934. The molecule has 5 heteroatoms. The number of hydrogen-bond donors (Lipinski definition) is 2. The van der Waals surface area contributed by atoms with Gasteiger partial charge in [0.25, 0.3) is 0 Å². The molecule has 0 aliphatic heterocycles. The molecule has 110 valence electrons. The molecular weight excluding hydrogens is 352 g/mol. The van der Waals surface area contributed by atoms with Crippen LogP contribution in [-0.2, 0) is 0 Å². The average Bonchev–Trinajstić information content (AvgIpc) is 2.47. The number of anilines is 1. The van der Waals surface area contributed by atoms with Gasteiger partial charge >= 0.3 is 0 Å². The van der Waals surface area contributed by atoms with E-state index in [-0.39, 0.29) is 0 Å². The Balaban J connectivity index is 1.59. The van der Waals surface area contributed by atoms with Crippen LogP contribution in [0.1, 0.15) is 32.1 Å². The third-order valence-corrected chi connectivity index (χ3v) is 5.55. The number of nitrogens with one attached hydrogen (secondary N) is 2. The Hall–Kier alpha value is -0.260. The van der Waals surface area contributed by atoms with E-state index in [0.29, 0.717) is 5.11 Å². The highest BCUT2D eigenvalue weighted by Crippen LogP contribution is 2.27. The fourth-order valence-electron chi connectivity index (χ4n) is 2.33. The van der Waals surface area contributed by atoms with Crippen LogP contribution in [0.15, 0.2) is 28.7 Å². The van der Waals surface area contributed by atoms with Gasteiger partial charge in [-0.1, -0.05) is 35.2 Å². The van der Waals surface area contributed by atoms with Gasteiger partial charge in [0.15, 0.2) is 5.11 Å². The molecular formula is C15H21BrN2S2. The summed E-state index contributed by atoms with van der Waals surface area (Å²) in [6.07, 6.45) is 7.04. The topological polar surface area (TPSA) is 24.1 Å². The molecule has 2 rings (SSSR count). The molecule has 0 heterocycles. The molecule has 0 radical (unpaired) electrons. The van der Waals surface area contributed by atoms with Gasteiger partial charge in [0.1, 0.15) is 0 Å². The van der Waals surface area contributed by atoms with E-state index in [1.807, 2.05) is 24.3 Å². The third kappa shape index (κ3) is 6.02. The minimum atomic E-state index is 0.705. The van der Waals surface area contributed by atoms with Crippen molar-refractivity contribution in [3.63, 3.8) is 0 Å². The van der Waals surface area contributed by atoms with E-state index in [9.17, 15) is 0 Å². The molecule has 0 unspecified atom stereocenters. The van der Waals surface area contributed by atoms with Gasteiger partial charge in [-0.15, -0.1) is 0 Å². The van der Waals surface area contributed by atoms with Gasteiger partial charge in [-0.25, -0.2) is 0 Å². The summed E-state index contributed by atoms with van der Waals surface area (Å²) in [5, 5.41) is 8.05. The maximum absolute atomic E-state index is 5.30. The first-order valence-electron chi connectivity index (χ1n) is 7.16. The summed E-state index contributed by atoms with van der Waals surface area (Å²) in [5.74, 6) is 1.13. The molecule has 1 aromatic carbocycles. The summed E-state index contributed by atoms with van der Waals surface area (Å²) in [4.78, 5) is 0. The molecule has 1 saturated carbocycles. The van der Waals surface area contributed by atoms with Crippen molar-refractivity contribution in [2.24, 2.45) is 0 Å². The van der Waals surface area contributed by atoms with Crippen LogP contribution in [0.4, 0.5) is 5.69 Å². The Labute approximate surface area is 139 Å². The normalized spacial score (nSPS) is 15.8. The van der Waals surface area contributed by atoms with Gasteiger partial charge in [0, 0.05) is 27.7 Å². The van der Waals surface area contributed by atoms with E-state index >= 15 is 0 Å². The minimum absolute atomic E-state index is 0.705. The van der Waals surface area contributed by atoms with E-state index < -0.39 is 0 Å². The first-order chi connectivity index (χ1) is 9.74. The van der Waals surface area contributed by atoms with Crippen LogP contribution < -0.4 is 10.6 Å². The monoisotopic (exact) mass is 372 g/mol. The van der Waals surface area contributed by atoms with Gasteiger partial charge < -0.3 is 10.6 Å². The SMILES string of the molecule is S=C(NCCSC1CCCCC1)Nc1ccc(Br)cc1. The Bertz CT molecular complexity index is 416. The van der Waals surface area contributed by atoms with Crippen molar-refractivity contribution in [2.75, 3.05) is 17.6 Å². The molecule has 1 aliphatic rings. The van der Waals surface area contributed by atoms with Crippen molar-refractivity contribution in [1.29, 1.82) is 0 Å². The Morgan fingerprint density at radius 2 is 1.90 bits per heavy atom. The number of halogens is 1. The molecule has 2 N–H and O–H groups in total. The summed E-state index contributed by atoms with van der Waals surface area (Å²) < 4.78 is 1.07. The van der Waals surface area contributed by atoms with Crippen molar-refractivity contribution >= 4 is 50.7 Å². The van der Waals surface area contributed by atoms with Crippen LogP contribution in [0.5, 0.6) is 0 Å². The molecule has 0 bridgehead atoms.